The molecule has 0 aromatic heterocycles. The number of hydrogen-bond donors (Lipinski definition) is 3. The van der Waals surface area contributed by atoms with Crippen LogP contribution in [0.5, 0.6) is 0 Å². The molecule has 0 aliphatic heterocycles. The molecule has 0 spiro atoms. The number of rotatable bonds is 7. The molecule has 4 N–H and O–H groups in total. The lowest BCUT2D eigenvalue weighted by Crippen LogP contribution is -2.63. The summed E-state index contributed by atoms with van der Waals surface area (Å²) in [6, 6.07) is 0. The van der Waals surface area contributed by atoms with Crippen LogP contribution in [0.25, 0.3) is 0 Å². The van der Waals surface area contributed by atoms with E-state index in [0.29, 0.717) is 19.4 Å². The van der Waals surface area contributed by atoms with Gasteiger partial charge in [0.15, 0.2) is 0 Å². The van der Waals surface area contributed by atoms with Gasteiger partial charge in [0.2, 0.25) is 0 Å². The summed E-state index contributed by atoms with van der Waals surface area (Å²) in [5, 5.41) is 22.3. The van der Waals surface area contributed by atoms with Crippen LogP contribution in [-0.4, -0.2) is 57.8 Å². The van der Waals surface area contributed by atoms with Gasteiger partial charge in [-0.3, -0.25) is 9.59 Å². The summed E-state index contributed by atoms with van der Waals surface area (Å²) in [5.41, 5.74) is 4.29. The third kappa shape index (κ3) is 4.40. The average molecular weight is 522 g/mol. The van der Waals surface area contributed by atoms with Crippen LogP contribution in [0.1, 0.15) is 79.1 Å². The minimum atomic E-state index is -0.662. The number of hydrogen-bond acceptors (Lipinski definition) is 7. The molecule has 4 fully saturated rings. The Labute approximate surface area is 221 Å². The van der Waals surface area contributed by atoms with Gasteiger partial charge < -0.3 is 20.7 Å². The third-order valence-corrected chi connectivity index (χ3v) is 12.6. The second kappa shape index (κ2) is 10.3. The molecule has 4 rings (SSSR count). The molecule has 4 aliphatic carbocycles. The molecule has 0 radical (unpaired) electrons. The van der Waals surface area contributed by atoms with E-state index < -0.39 is 29.1 Å². The molecule has 36 heavy (non-hydrogen) atoms. The average Bonchev–Trinajstić information content (AvgIpc) is 3.39. The van der Waals surface area contributed by atoms with Crippen LogP contribution in [0.3, 0.4) is 0 Å². The Balaban J connectivity index is 1.59. The Morgan fingerprint density at radius 1 is 1.22 bits per heavy atom. The van der Waals surface area contributed by atoms with E-state index in [2.05, 4.69) is 27.4 Å². The molecular weight excluding hydrogens is 474 g/mol. The SMILES string of the molecule is C=C[C@]1(C)C[C@@H](OC(=O)CS[C@@H]2CC[C@@H](CCN)[C@H]2O)[C@]2(C)C(C)CCC3(CCC(=O)[C@H]32)[C@@H](C)C1O. The Bertz CT molecular complexity index is 867. The highest BCUT2D eigenvalue weighted by atomic mass is 32.2. The first-order valence-electron chi connectivity index (χ1n) is 14.0. The van der Waals surface area contributed by atoms with Crippen LogP contribution in [-0.2, 0) is 14.3 Å². The van der Waals surface area contributed by atoms with E-state index in [1.807, 2.05) is 13.0 Å². The van der Waals surface area contributed by atoms with Crippen molar-refractivity contribution in [1.82, 2.24) is 0 Å². The highest BCUT2D eigenvalue weighted by molar-refractivity contribution is 8.00. The van der Waals surface area contributed by atoms with Gasteiger partial charge in [0, 0.05) is 28.4 Å². The second-order valence-corrected chi connectivity index (χ2v) is 14.0. The van der Waals surface area contributed by atoms with Gasteiger partial charge in [-0.05, 0) is 74.7 Å². The molecule has 0 aromatic carbocycles. The zero-order valence-corrected chi connectivity index (χ0v) is 23.4. The number of thioether (sulfide) groups is 1. The van der Waals surface area contributed by atoms with E-state index in [4.69, 9.17) is 10.5 Å². The predicted octanol–water partition coefficient (Wildman–Crippen LogP) is 4.11. The fourth-order valence-electron chi connectivity index (χ4n) is 8.60. The van der Waals surface area contributed by atoms with Crippen LogP contribution in [0.15, 0.2) is 12.7 Å². The second-order valence-electron chi connectivity index (χ2n) is 12.8. The number of Topliss-reactive ketones (excluding diaryl/α,β-unsaturated/α-hetero) is 1. The van der Waals surface area contributed by atoms with E-state index >= 15 is 0 Å². The monoisotopic (exact) mass is 521 g/mol. The number of carbonyl (C=O) groups is 2. The highest BCUT2D eigenvalue weighted by Gasteiger charge is 2.68. The van der Waals surface area contributed by atoms with Crippen molar-refractivity contribution < 1.29 is 24.5 Å². The van der Waals surface area contributed by atoms with E-state index in [1.54, 1.807) is 0 Å². The number of esters is 1. The number of nitrogens with two attached hydrogens (primary N) is 1. The summed E-state index contributed by atoms with van der Waals surface area (Å²) < 4.78 is 6.32. The van der Waals surface area contributed by atoms with Crippen molar-refractivity contribution in [2.24, 2.45) is 45.7 Å². The largest absolute Gasteiger partial charge is 0.461 e. The number of carbonyl (C=O) groups excluding carboxylic acids is 2. The molecule has 4 saturated carbocycles. The molecule has 3 unspecified atom stereocenters. The first-order valence-corrected chi connectivity index (χ1v) is 15.0. The lowest BCUT2D eigenvalue weighted by Gasteiger charge is -2.61. The topological polar surface area (TPSA) is 110 Å². The maximum absolute atomic E-state index is 13.5. The summed E-state index contributed by atoms with van der Waals surface area (Å²) in [7, 11) is 0. The van der Waals surface area contributed by atoms with Crippen LogP contribution in [0, 0.1) is 39.9 Å². The van der Waals surface area contributed by atoms with Gasteiger partial charge in [0.25, 0.3) is 0 Å². The van der Waals surface area contributed by atoms with E-state index in [0.717, 1.165) is 38.5 Å². The number of ether oxygens (including phenoxy) is 1. The Kier molecular flexibility index (Phi) is 8.09. The standard InChI is InChI=1S/C29H47NO5S/c1-6-27(4)15-22(35-23(32)16-36-21-8-7-19(11-14-30)24(21)33)28(5)17(2)9-12-29(18(3)26(27)34)13-10-20(31)25(28)29/h6,17-19,21-22,24-26,33-34H,1,7-16,30H2,2-5H3/t17?,18-,19-,21+,22+,24+,25-,26?,27+,28-,29?/m0/s1. The smallest absolute Gasteiger partial charge is 0.316 e. The molecule has 2 bridgehead atoms. The van der Waals surface area contributed by atoms with Crippen LogP contribution >= 0.6 is 11.8 Å². The van der Waals surface area contributed by atoms with E-state index in [1.165, 1.54) is 11.8 Å². The van der Waals surface area contributed by atoms with Crippen molar-refractivity contribution in [1.29, 1.82) is 0 Å². The molecule has 0 heterocycles. The molecule has 0 aromatic rings. The van der Waals surface area contributed by atoms with Crippen molar-refractivity contribution in [2.45, 2.75) is 103 Å². The van der Waals surface area contributed by atoms with Crippen LogP contribution < -0.4 is 5.73 Å². The molecule has 0 amide bonds. The normalized spacial score (nSPS) is 48.7. The number of aliphatic hydroxyl groups excluding tert-OH is 2. The Morgan fingerprint density at radius 3 is 2.61 bits per heavy atom. The molecule has 11 atom stereocenters. The first-order chi connectivity index (χ1) is 16.9. The molecule has 0 saturated heterocycles. The Hall–Kier alpha value is -0.890. The quantitative estimate of drug-likeness (QED) is 0.342. The molecule has 7 heteroatoms. The summed E-state index contributed by atoms with van der Waals surface area (Å²) in [5.74, 6) is 0.298. The summed E-state index contributed by atoms with van der Waals surface area (Å²) in [4.78, 5) is 26.8. The highest BCUT2D eigenvalue weighted by Crippen LogP contribution is 2.68. The maximum Gasteiger partial charge on any atom is 0.316 e. The fraction of sp³-hybridized carbons (Fsp3) is 0.862. The van der Waals surface area contributed by atoms with Crippen LogP contribution in [0.2, 0.25) is 0 Å². The van der Waals surface area contributed by atoms with Gasteiger partial charge in [0.05, 0.1) is 18.0 Å². The van der Waals surface area contributed by atoms with Gasteiger partial charge in [-0.2, -0.15) is 0 Å². The number of aliphatic hydroxyl groups is 2. The lowest BCUT2D eigenvalue weighted by molar-refractivity contribution is -0.205. The maximum atomic E-state index is 13.5. The van der Waals surface area contributed by atoms with Crippen molar-refractivity contribution in [3.8, 4) is 0 Å². The number of ketones is 1. The lowest BCUT2D eigenvalue weighted by atomic mass is 9.44. The molecule has 204 valence electrons. The van der Waals surface area contributed by atoms with Crippen molar-refractivity contribution in [3.63, 3.8) is 0 Å². The van der Waals surface area contributed by atoms with Gasteiger partial charge in [-0.15, -0.1) is 18.3 Å². The minimum Gasteiger partial charge on any atom is -0.461 e. The molecule has 6 nitrogen and oxygen atoms in total. The Morgan fingerprint density at radius 2 is 1.94 bits per heavy atom. The zero-order chi connectivity index (χ0) is 26.5. The van der Waals surface area contributed by atoms with Crippen LogP contribution in [0.4, 0.5) is 0 Å². The third-order valence-electron chi connectivity index (χ3n) is 11.2. The summed E-state index contributed by atoms with van der Waals surface area (Å²) >= 11 is 1.47. The van der Waals surface area contributed by atoms with Crippen molar-refractivity contribution in [3.05, 3.63) is 12.7 Å². The van der Waals surface area contributed by atoms with Crippen molar-refractivity contribution >= 4 is 23.5 Å². The predicted molar refractivity (Wildman–Crippen MR) is 143 cm³/mol. The van der Waals surface area contributed by atoms with Gasteiger partial charge in [0.1, 0.15) is 11.9 Å². The van der Waals surface area contributed by atoms with Crippen molar-refractivity contribution in [2.75, 3.05) is 12.3 Å². The summed E-state index contributed by atoms with van der Waals surface area (Å²) in [6.07, 6.45) is 6.51. The van der Waals surface area contributed by atoms with E-state index in [-0.39, 0.29) is 51.8 Å². The minimum absolute atomic E-state index is 0.0146. The van der Waals surface area contributed by atoms with Gasteiger partial charge in [-0.1, -0.05) is 33.8 Å². The molecule has 4 aliphatic rings. The summed E-state index contributed by atoms with van der Waals surface area (Å²) in [6.45, 7) is 13.1. The first kappa shape index (κ1) is 28.1. The fourth-order valence-corrected chi connectivity index (χ4v) is 9.74. The zero-order valence-electron chi connectivity index (χ0n) is 22.6. The van der Waals surface area contributed by atoms with Gasteiger partial charge in [-0.25, -0.2) is 0 Å². The van der Waals surface area contributed by atoms with E-state index in [9.17, 15) is 19.8 Å². The van der Waals surface area contributed by atoms with Gasteiger partial charge >= 0.3 is 5.97 Å². The molecular formula is C29H47NO5S.